The van der Waals surface area contributed by atoms with E-state index in [0.717, 1.165) is 19.6 Å². The number of hydrogen-bond donors (Lipinski definition) is 1. The molecule has 0 amide bonds. The van der Waals surface area contributed by atoms with E-state index in [9.17, 15) is 0 Å². The van der Waals surface area contributed by atoms with Crippen LogP contribution in [0, 0.1) is 5.92 Å². The van der Waals surface area contributed by atoms with Crippen molar-refractivity contribution in [1.29, 1.82) is 0 Å². The molecular weight excluding hydrogens is 208 g/mol. The molecule has 1 aliphatic heterocycles. The van der Waals surface area contributed by atoms with Gasteiger partial charge >= 0.3 is 0 Å². The van der Waals surface area contributed by atoms with Crippen LogP contribution in [-0.2, 0) is 0 Å². The highest BCUT2D eigenvalue weighted by Crippen LogP contribution is 2.15. The van der Waals surface area contributed by atoms with Crippen molar-refractivity contribution in [1.82, 2.24) is 4.90 Å². The van der Waals surface area contributed by atoms with Gasteiger partial charge in [-0.15, -0.1) is 0 Å². The zero-order valence-corrected chi connectivity index (χ0v) is 10.4. The Morgan fingerprint density at radius 1 is 1.29 bits per heavy atom. The van der Waals surface area contributed by atoms with Gasteiger partial charge in [0.25, 0.3) is 0 Å². The standard InChI is InChI=1S/C15H22N2/c16-12-15-9-5-11-17(13-15)10-4-8-14-6-2-1-3-7-14/h1-4,6-8,15H,5,9-13,16H2/b8-4+. The van der Waals surface area contributed by atoms with E-state index in [-0.39, 0.29) is 0 Å². The molecule has 0 aromatic heterocycles. The van der Waals surface area contributed by atoms with Crippen molar-refractivity contribution in [3.05, 3.63) is 42.0 Å². The third-order valence-corrected chi connectivity index (χ3v) is 3.41. The number of likely N-dealkylation sites (tertiary alicyclic amines) is 1. The summed E-state index contributed by atoms with van der Waals surface area (Å²) in [5.74, 6) is 0.703. The SMILES string of the molecule is NCC1CCCN(C/C=C/c2ccccc2)C1. The van der Waals surface area contributed by atoms with Gasteiger partial charge in [-0.05, 0) is 37.4 Å². The molecule has 0 saturated carbocycles. The van der Waals surface area contributed by atoms with E-state index >= 15 is 0 Å². The first-order chi connectivity index (χ1) is 8.38. The number of nitrogens with two attached hydrogens (primary N) is 1. The summed E-state index contributed by atoms with van der Waals surface area (Å²) in [6.07, 6.45) is 7.05. The topological polar surface area (TPSA) is 29.3 Å². The monoisotopic (exact) mass is 230 g/mol. The van der Waals surface area contributed by atoms with Crippen LogP contribution in [0.4, 0.5) is 0 Å². The first kappa shape index (κ1) is 12.3. The molecule has 17 heavy (non-hydrogen) atoms. The van der Waals surface area contributed by atoms with Crippen LogP contribution < -0.4 is 5.73 Å². The molecule has 2 heteroatoms. The summed E-state index contributed by atoms with van der Waals surface area (Å²) >= 11 is 0. The Hall–Kier alpha value is -1.12. The van der Waals surface area contributed by atoms with Crippen LogP contribution in [0.2, 0.25) is 0 Å². The van der Waals surface area contributed by atoms with Crippen LogP contribution >= 0.6 is 0 Å². The van der Waals surface area contributed by atoms with Gasteiger partial charge in [0.05, 0.1) is 0 Å². The molecule has 1 atom stereocenters. The van der Waals surface area contributed by atoms with Gasteiger partial charge in [-0.2, -0.15) is 0 Å². The highest BCUT2D eigenvalue weighted by atomic mass is 15.1. The molecule has 1 fully saturated rings. The largest absolute Gasteiger partial charge is 0.330 e. The fraction of sp³-hybridized carbons (Fsp3) is 0.467. The summed E-state index contributed by atoms with van der Waals surface area (Å²) in [4.78, 5) is 2.50. The molecule has 0 radical (unpaired) electrons. The van der Waals surface area contributed by atoms with Gasteiger partial charge in [-0.1, -0.05) is 42.5 Å². The van der Waals surface area contributed by atoms with Gasteiger partial charge < -0.3 is 5.73 Å². The molecule has 2 nitrogen and oxygen atoms in total. The number of nitrogens with zero attached hydrogens (tertiary/aromatic N) is 1. The number of benzene rings is 1. The van der Waals surface area contributed by atoms with Gasteiger partial charge in [0.15, 0.2) is 0 Å². The second-order valence-corrected chi connectivity index (χ2v) is 4.82. The third kappa shape index (κ3) is 3.99. The van der Waals surface area contributed by atoms with Crippen molar-refractivity contribution >= 4 is 6.08 Å². The minimum atomic E-state index is 0.703. The van der Waals surface area contributed by atoms with Crippen molar-refractivity contribution in [2.75, 3.05) is 26.2 Å². The van der Waals surface area contributed by atoms with E-state index in [2.05, 4.69) is 41.3 Å². The molecule has 0 bridgehead atoms. The van der Waals surface area contributed by atoms with Gasteiger partial charge in [0, 0.05) is 13.1 Å². The Bertz CT molecular complexity index is 345. The minimum absolute atomic E-state index is 0.703. The van der Waals surface area contributed by atoms with E-state index < -0.39 is 0 Å². The van der Waals surface area contributed by atoms with E-state index in [0.29, 0.717) is 5.92 Å². The summed E-state index contributed by atoms with van der Waals surface area (Å²) in [5, 5.41) is 0. The van der Waals surface area contributed by atoms with Crippen LogP contribution in [0.3, 0.4) is 0 Å². The van der Waals surface area contributed by atoms with Crippen LogP contribution in [0.1, 0.15) is 18.4 Å². The Kier molecular flexibility index (Phi) is 4.77. The third-order valence-electron chi connectivity index (χ3n) is 3.41. The molecule has 1 unspecified atom stereocenters. The van der Waals surface area contributed by atoms with Gasteiger partial charge in [0.2, 0.25) is 0 Å². The first-order valence-electron chi connectivity index (χ1n) is 6.52. The Labute approximate surface area is 104 Å². The Morgan fingerprint density at radius 2 is 2.12 bits per heavy atom. The van der Waals surface area contributed by atoms with E-state index in [1.807, 2.05) is 6.07 Å². The maximum absolute atomic E-state index is 5.74. The molecular formula is C15H22N2. The second-order valence-electron chi connectivity index (χ2n) is 4.82. The summed E-state index contributed by atoms with van der Waals surface area (Å²) in [7, 11) is 0. The molecule has 0 aliphatic carbocycles. The lowest BCUT2D eigenvalue weighted by Crippen LogP contribution is -2.38. The second kappa shape index (κ2) is 6.58. The van der Waals surface area contributed by atoms with Crippen LogP contribution in [0.25, 0.3) is 6.08 Å². The van der Waals surface area contributed by atoms with Gasteiger partial charge in [-0.25, -0.2) is 0 Å². The average Bonchev–Trinajstić information content (AvgIpc) is 2.40. The van der Waals surface area contributed by atoms with Crippen LogP contribution in [0.15, 0.2) is 36.4 Å². The maximum Gasteiger partial charge on any atom is 0.0166 e. The smallest absolute Gasteiger partial charge is 0.0166 e. The van der Waals surface area contributed by atoms with Gasteiger partial charge in [-0.3, -0.25) is 4.90 Å². The van der Waals surface area contributed by atoms with Crippen molar-refractivity contribution in [2.45, 2.75) is 12.8 Å². The molecule has 1 aromatic rings. The summed E-state index contributed by atoms with van der Waals surface area (Å²) < 4.78 is 0. The highest BCUT2D eigenvalue weighted by Gasteiger charge is 2.17. The van der Waals surface area contributed by atoms with E-state index in [1.165, 1.54) is 24.9 Å². The van der Waals surface area contributed by atoms with Crippen molar-refractivity contribution < 1.29 is 0 Å². The molecule has 1 heterocycles. The van der Waals surface area contributed by atoms with Crippen molar-refractivity contribution in [2.24, 2.45) is 11.7 Å². The lowest BCUT2D eigenvalue weighted by Gasteiger charge is -2.31. The summed E-state index contributed by atoms with van der Waals surface area (Å²) in [5.41, 5.74) is 7.02. The number of rotatable bonds is 4. The predicted molar refractivity (Wildman–Crippen MR) is 73.7 cm³/mol. The normalized spacial score (nSPS) is 22.1. The Balaban J connectivity index is 1.80. The van der Waals surface area contributed by atoms with E-state index in [4.69, 9.17) is 5.73 Å². The maximum atomic E-state index is 5.74. The lowest BCUT2D eigenvalue weighted by atomic mass is 9.98. The fourth-order valence-corrected chi connectivity index (χ4v) is 2.41. The van der Waals surface area contributed by atoms with Crippen molar-refractivity contribution in [3.63, 3.8) is 0 Å². The molecule has 2 N–H and O–H groups in total. The lowest BCUT2D eigenvalue weighted by molar-refractivity contribution is 0.195. The molecule has 2 rings (SSSR count). The number of hydrogen-bond acceptors (Lipinski definition) is 2. The molecule has 1 aliphatic rings. The summed E-state index contributed by atoms with van der Waals surface area (Å²) in [6, 6.07) is 10.5. The Morgan fingerprint density at radius 3 is 2.88 bits per heavy atom. The average molecular weight is 230 g/mol. The summed E-state index contributed by atoms with van der Waals surface area (Å²) in [6.45, 7) is 4.26. The molecule has 1 saturated heterocycles. The zero-order chi connectivity index (χ0) is 11.9. The van der Waals surface area contributed by atoms with Gasteiger partial charge in [0.1, 0.15) is 0 Å². The number of piperidine rings is 1. The van der Waals surface area contributed by atoms with Crippen molar-refractivity contribution in [3.8, 4) is 0 Å². The quantitative estimate of drug-likeness (QED) is 0.860. The fourth-order valence-electron chi connectivity index (χ4n) is 2.41. The highest BCUT2D eigenvalue weighted by molar-refractivity contribution is 5.48. The first-order valence-corrected chi connectivity index (χ1v) is 6.52. The molecule has 1 aromatic carbocycles. The van der Waals surface area contributed by atoms with E-state index in [1.54, 1.807) is 0 Å². The molecule has 0 spiro atoms. The predicted octanol–water partition coefficient (Wildman–Crippen LogP) is 2.37. The van der Waals surface area contributed by atoms with Crippen LogP contribution in [-0.4, -0.2) is 31.1 Å². The van der Waals surface area contributed by atoms with Crippen LogP contribution in [0.5, 0.6) is 0 Å². The molecule has 92 valence electrons. The zero-order valence-electron chi connectivity index (χ0n) is 10.4. The minimum Gasteiger partial charge on any atom is -0.330 e.